The molecule has 7 aromatic heterocycles. The standard InChI is InChI=1S/C61H65N13O12S6/c1-29(2)35-21-41(75)47-30(3)91-58(72-47)37(22-44(76)62-4)66-52(81)39-26-87-54(68-39)34-18-19-36(56-70-43(28-90-56)74(20-10-9-13-46(78)79)61(85)64-33-16-14-32(15-17-33)60(83)84)65-48(34)38-25-88-57(67-38)40-27-89-59(69-40)50(51(80)31-11-7-6-8-12-31)71-45(77)23-63-53(82)49-42(24-86-5)92-55(35)73-49/h6-8,11-12,18-19,25-29,32-33,35,37,50-51,80H,9-10,13-17,20-24H2,1-5H3,(H,62,76)(H,63,82)(H,64,85)(H,66,81)(H,71,77)(H,78,79)(H,83,84)/t32?,33?,35-,37-,50-,51-/m0/s1. The summed E-state index contributed by atoms with van der Waals surface area (Å²) >= 11 is 7.18. The van der Waals surface area contributed by atoms with Crippen molar-refractivity contribution < 1.29 is 58.4 Å². The fourth-order valence-electron chi connectivity index (χ4n) is 10.6. The number of benzene rings is 1. The number of aliphatic carboxylic acids is 2. The molecule has 1 aliphatic heterocycles. The van der Waals surface area contributed by atoms with E-state index in [4.69, 9.17) is 39.6 Å². The third-order valence-electron chi connectivity index (χ3n) is 15.5. The van der Waals surface area contributed by atoms with E-state index in [9.17, 15) is 53.7 Å². The number of aliphatic hydroxyl groups is 1. The number of aliphatic hydroxyl groups excluding tert-OH is 1. The highest BCUT2D eigenvalue weighted by molar-refractivity contribution is 7.15. The lowest BCUT2D eigenvalue weighted by molar-refractivity contribution is -0.143. The first-order valence-corrected chi connectivity index (χ1v) is 34.6. The van der Waals surface area contributed by atoms with E-state index in [2.05, 4.69) is 26.6 Å². The minimum absolute atomic E-state index is 0.00843. The molecule has 92 heavy (non-hydrogen) atoms. The molecule has 1 aliphatic carbocycles. The molecule has 25 nitrogen and oxygen atoms in total. The Labute approximate surface area is 551 Å². The number of carbonyl (C=O) groups is 8. The maximum atomic E-state index is 14.4. The van der Waals surface area contributed by atoms with Crippen molar-refractivity contribution in [2.24, 2.45) is 11.8 Å². The van der Waals surface area contributed by atoms with Crippen molar-refractivity contribution in [2.45, 2.75) is 115 Å². The molecule has 482 valence electrons. The van der Waals surface area contributed by atoms with Crippen molar-refractivity contribution in [3.8, 4) is 43.4 Å². The number of amides is 6. The molecule has 2 aliphatic rings. The van der Waals surface area contributed by atoms with Gasteiger partial charge in [0.1, 0.15) is 77.2 Å². The second kappa shape index (κ2) is 30.1. The SMILES string of the molecule is CNC(=O)C[C@@H]1NC(=O)c2csc(n2)-c2ccc(-c3nc(N(CCCCC(=O)O)C(=O)NC4CCC(C(=O)O)CC4)cs3)nc2-c2csc(n2)-c2csc(n2)[C@H]([C@@H](O)c2ccccc2)NC(=O)CNC(=O)c2nc(sc2COC)[C@H](C(C)C)CC(=O)c2nc1sc2C. The number of aryl methyl sites for hydroxylation is 1. The van der Waals surface area contributed by atoms with E-state index in [0.717, 1.165) is 11.3 Å². The first-order chi connectivity index (χ1) is 44.2. The number of carbonyl (C=O) groups excluding carboxylic acids is 6. The number of nitrogens with zero attached hydrogens (tertiary/aromatic N) is 8. The van der Waals surface area contributed by atoms with Gasteiger partial charge in [-0.2, -0.15) is 0 Å². The third-order valence-corrected chi connectivity index (χ3v) is 21.3. The average molecular weight is 1360 g/mol. The van der Waals surface area contributed by atoms with Crippen LogP contribution in [0.2, 0.25) is 0 Å². The zero-order valence-electron chi connectivity index (χ0n) is 50.4. The van der Waals surface area contributed by atoms with Gasteiger partial charge in [0.25, 0.3) is 11.8 Å². The Balaban J connectivity index is 1.03. The van der Waals surface area contributed by atoms with Gasteiger partial charge < -0.3 is 46.6 Å². The number of hydrogen-bond acceptors (Lipinski definition) is 23. The quantitative estimate of drug-likeness (QED) is 0.0417. The number of unbranched alkanes of at least 4 members (excludes halogenated alkanes) is 1. The van der Waals surface area contributed by atoms with Gasteiger partial charge in [0.05, 0.1) is 47.1 Å². The van der Waals surface area contributed by atoms with E-state index >= 15 is 0 Å². The highest BCUT2D eigenvalue weighted by Crippen LogP contribution is 2.41. The Morgan fingerprint density at radius 3 is 2.16 bits per heavy atom. The second-order valence-corrected chi connectivity index (χ2v) is 28.1. The molecule has 1 saturated carbocycles. The van der Waals surface area contributed by atoms with Crippen LogP contribution in [0.15, 0.2) is 64.0 Å². The highest BCUT2D eigenvalue weighted by atomic mass is 32.1. The molecule has 31 heteroatoms. The van der Waals surface area contributed by atoms with Gasteiger partial charge in [-0.05, 0) is 69.1 Å². The maximum absolute atomic E-state index is 14.4. The molecule has 6 amide bonds. The zero-order chi connectivity index (χ0) is 65.3. The number of hydrogen-bond donors (Lipinski definition) is 8. The fraction of sp³-hybridized carbons (Fsp3) is 0.393. The molecule has 1 fully saturated rings. The number of fused-ring (bicyclic) bond motifs is 14. The number of nitrogens with one attached hydrogen (secondary N) is 5. The number of anilines is 1. The normalized spacial score (nSPS) is 18.5. The van der Waals surface area contributed by atoms with Crippen LogP contribution >= 0.6 is 68.0 Å². The summed E-state index contributed by atoms with van der Waals surface area (Å²) in [6.07, 6.45) is 0.758. The minimum atomic E-state index is -1.30. The summed E-state index contributed by atoms with van der Waals surface area (Å²) in [6, 6.07) is 9.40. The first-order valence-electron chi connectivity index (χ1n) is 29.4. The molecular formula is C61H65N13O12S6. The summed E-state index contributed by atoms with van der Waals surface area (Å²) in [5.41, 5.74) is 2.62. The Bertz CT molecular complexity index is 4020. The van der Waals surface area contributed by atoms with Crippen molar-refractivity contribution in [2.75, 3.05) is 32.1 Å². The van der Waals surface area contributed by atoms with Crippen molar-refractivity contribution in [1.29, 1.82) is 0 Å². The van der Waals surface area contributed by atoms with Gasteiger partial charge in [-0.1, -0.05) is 44.2 Å². The van der Waals surface area contributed by atoms with Gasteiger partial charge in [-0.15, -0.1) is 68.0 Å². The fourth-order valence-corrected chi connectivity index (χ4v) is 16.2. The Kier molecular flexibility index (Phi) is 21.8. The van der Waals surface area contributed by atoms with Crippen LogP contribution in [-0.2, 0) is 30.5 Å². The maximum Gasteiger partial charge on any atom is 0.323 e. The third kappa shape index (κ3) is 15.8. The number of carboxylic acid groups (broad SMARTS) is 2. The van der Waals surface area contributed by atoms with Crippen molar-refractivity contribution in [3.05, 3.63) is 111 Å². The summed E-state index contributed by atoms with van der Waals surface area (Å²) in [6.45, 7) is 5.25. The van der Waals surface area contributed by atoms with Gasteiger partial charge >= 0.3 is 18.0 Å². The predicted octanol–water partition coefficient (Wildman–Crippen LogP) is 9.61. The van der Waals surface area contributed by atoms with Crippen LogP contribution in [0.1, 0.15) is 158 Å². The van der Waals surface area contributed by atoms with Crippen LogP contribution in [0.4, 0.5) is 10.6 Å². The summed E-state index contributed by atoms with van der Waals surface area (Å²) < 4.78 is 5.48. The summed E-state index contributed by atoms with van der Waals surface area (Å²) in [5.74, 6) is -5.33. The number of ether oxygens (including phenoxy) is 1. The molecule has 4 atom stereocenters. The Morgan fingerprint density at radius 1 is 0.728 bits per heavy atom. The molecular weight excluding hydrogens is 1300 g/mol. The lowest BCUT2D eigenvalue weighted by atomic mass is 9.86. The summed E-state index contributed by atoms with van der Waals surface area (Å²) in [7, 11) is 2.95. The van der Waals surface area contributed by atoms with E-state index in [0.29, 0.717) is 112 Å². The van der Waals surface area contributed by atoms with Crippen LogP contribution in [-0.4, -0.2) is 131 Å². The van der Waals surface area contributed by atoms with Crippen molar-refractivity contribution >= 4 is 121 Å². The van der Waals surface area contributed by atoms with E-state index in [1.165, 1.54) is 75.7 Å². The van der Waals surface area contributed by atoms with Crippen LogP contribution in [0.25, 0.3) is 43.4 Å². The highest BCUT2D eigenvalue weighted by Gasteiger charge is 2.34. The molecule has 8 N–H and O–H groups in total. The number of aromatic nitrogens is 7. The molecule has 8 heterocycles. The summed E-state index contributed by atoms with van der Waals surface area (Å²) in [5, 5.41) is 54.2. The average Bonchev–Trinajstić information content (AvgIpc) is 1.62. The zero-order valence-corrected chi connectivity index (χ0v) is 55.3. The number of Topliss-reactive ketones (excluding diaryl/α,β-unsaturated/α-hetero) is 1. The van der Waals surface area contributed by atoms with Gasteiger partial charge in [0, 0.05) is 77.5 Å². The van der Waals surface area contributed by atoms with Crippen LogP contribution in [0.3, 0.4) is 0 Å². The Hall–Kier alpha value is -8.17. The first kappa shape index (κ1) is 66.7. The molecule has 0 spiro atoms. The van der Waals surface area contributed by atoms with Gasteiger partial charge in [-0.25, -0.2) is 39.7 Å². The second-order valence-electron chi connectivity index (χ2n) is 22.3. The number of rotatable bonds is 16. The minimum Gasteiger partial charge on any atom is -0.481 e. The van der Waals surface area contributed by atoms with E-state index < -0.39 is 78.2 Å². The number of methoxy groups -OCH3 is 1. The van der Waals surface area contributed by atoms with Crippen molar-refractivity contribution in [3.63, 3.8) is 0 Å². The lowest BCUT2D eigenvalue weighted by Gasteiger charge is -2.29. The number of pyridine rings is 1. The van der Waals surface area contributed by atoms with Gasteiger partial charge in [-0.3, -0.25) is 38.5 Å². The van der Waals surface area contributed by atoms with Gasteiger partial charge in [0.15, 0.2) is 5.78 Å². The Morgan fingerprint density at radius 2 is 1.43 bits per heavy atom. The predicted molar refractivity (Wildman–Crippen MR) is 349 cm³/mol. The van der Waals surface area contributed by atoms with Crippen LogP contribution in [0, 0.1) is 18.8 Å². The van der Waals surface area contributed by atoms with Crippen LogP contribution in [0.5, 0.6) is 0 Å². The molecule has 0 unspecified atom stereocenters. The molecule has 8 aromatic rings. The van der Waals surface area contributed by atoms with E-state index in [-0.39, 0.29) is 73.1 Å². The van der Waals surface area contributed by atoms with E-state index in [1.54, 1.807) is 70.9 Å². The number of thiazole rings is 6. The largest absolute Gasteiger partial charge is 0.481 e. The number of ketones is 1. The lowest BCUT2D eigenvalue weighted by Crippen LogP contribution is -2.47. The molecule has 0 radical (unpaired) electrons. The molecule has 10 rings (SSSR count). The molecule has 0 saturated heterocycles. The molecule has 10 bridgehead atoms. The topological polar surface area (TPSA) is 360 Å². The smallest absolute Gasteiger partial charge is 0.323 e. The van der Waals surface area contributed by atoms with Gasteiger partial charge in [0.2, 0.25) is 11.8 Å². The summed E-state index contributed by atoms with van der Waals surface area (Å²) in [4.78, 5) is 144. The number of carboxylic acids is 2. The van der Waals surface area contributed by atoms with Crippen LogP contribution < -0.4 is 31.5 Å². The molecule has 1 aromatic carbocycles. The van der Waals surface area contributed by atoms with E-state index in [1.807, 2.05) is 13.8 Å². The monoisotopic (exact) mass is 1360 g/mol. The number of urea groups is 1. The van der Waals surface area contributed by atoms with Crippen molar-refractivity contribution in [1.82, 2.24) is 61.5 Å².